The molecule has 1 saturated heterocycles. The van der Waals surface area contributed by atoms with Crippen LogP contribution < -0.4 is 103 Å². The monoisotopic (exact) mass is 628 g/mol. The summed E-state index contributed by atoms with van der Waals surface area (Å²) in [5.74, 6) is 0. The second-order valence-electron chi connectivity index (χ2n) is 15.8. The zero-order valence-corrected chi connectivity index (χ0v) is 41.2. The van der Waals surface area contributed by atoms with Crippen molar-refractivity contribution >= 4 is 72.5 Å². The molecule has 0 saturated carbocycles. The van der Waals surface area contributed by atoms with Crippen LogP contribution in [0.2, 0.25) is 118 Å². The molecule has 1 heterocycles. The summed E-state index contributed by atoms with van der Waals surface area (Å²) < 4.78 is 0. The predicted octanol–water partition coefficient (Wildman–Crippen LogP) is 0.708. The number of hydrogen-bond donors (Lipinski definition) is 0. The van der Waals surface area contributed by atoms with Crippen molar-refractivity contribution < 1.29 is 103 Å². The van der Waals surface area contributed by atoms with Crippen LogP contribution in [0.15, 0.2) is 0 Å². The SMILES string of the molecule is C[Si](C)(C)[Si-]1[Si]([Si](C)(C)C)([Si](C)(C)C)[Si-]([Si](C)(C)C)[Si]1([Si](C)(C)C)[Si](C)(C)C.[K+].[K+]. The van der Waals surface area contributed by atoms with Gasteiger partial charge in [-0.3, -0.25) is 12.3 Å². The fourth-order valence-electron chi connectivity index (χ4n) is 8.25. The van der Waals surface area contributed by atoms with Crippen molar-refractivity contribution in [2.45, 2.75) is 118 Å². The summed E-state index contributed by atoms with van der Waals surface area (Å²) in [5.41, 5.74) is 0. The molecule has 0 nitrogen and oxygen atoms in total. The molecule has 168 valence electrons. The Balaban J connectivity index is 0. The maximum Gasteiger partial charge on any atom is 1.00 e. The normalized spacial score (nSPS) is 21.4. The first-order chi connectivity index (χ1) is 11.7. The maximum absolute atomic E-state index is 2.92. The molecule has 0 aromatic heterocycles. The van der Waals surface area contributed by atoms with Crippen molar-refractivity contribution in [3.05, 3.63) is 0 Å². The minimum Gasteiger partial charge on any atom is -0.326 e. The van der Waals surface area contributed by atoms with Gasteiger partial charge in [0.05, 0.1) is 0 Å². The van der Waals surface area contributed by atoms with Crippen LogP contribution in [0, 0.1) is 0 Å². The fourth-order valence-corrected chi connectivity index (χ4v) is 658. The van der Waals surface area contributed by atoms with Gasteiger partial charge >= 0.3 is 103 Å². The third kappa shape index (κ3) is 5.87. The van der Waals surface area contributed by atoms with Crippen molar-refractivity contribution in [3.8, 4) is 0 Å². The van der Waals surface area contributed by atoms with E-state index in [1.807, 2.05) is 0 Å². The Bertz CT molecular complexity index is 503. The summed E-state index contributed by atoms with van der Waals surface area (Å²) in [6.45, 7) is 52.4. The van der Waals surface area contributed by atoms with Crippen molar-refractivity contribution in [2.75, 3.05) is 0 Å². The molecule has 0 unspecified atom stereocenters. The Labute approximate surface area is 287 Å². The van der Waals surface area contributed by atoms with Gasteiger partial charge in [-0.05, 0) is 30.4 Å². The van der Waals surface area contributed by atoms with Crippen LogP contribution in [0.25, 0.3) is 0 Å². The molecule has 0 amide bonds. The quantitative estimate of drug-likeness (QED) is 0.380. The van der Waals surface area contributed by atoms with E-state index in [1.165, 1.54) is 0 Å². The van der Waals surface area contributed by atoms with Crippen LogP contribution in [0.3, 0.4) is 0 Å². The molecule has 0 aromatic carbocycles. The minimum absolute atomic E-state index is 0. The molecule has 30 heavy (non-hydrogen) atoms. The summed E-state index contributed by atoms with van der Waals surface area (Å²) in [6, 6.07) is 0. The predicted molar refractivity (Wildman–Crippen MR) is 163 cm³/mol. The van der Waals surface area contributed by atoms with Crippen molar-refractivity contribution in [1.82, 2.24) is 0 Å². The zero-order valence-electron chi connectivity index (χ0n) is 25.0. The second-order valence-corrected chi connectivity index (χ2v) is 128. The Morgan fingerprint density at radius 1 is 0.333 bits per heavy atom. The molecule has 0 spiro atoms. The van der Waals surface area contributed by atoms with E-state index < -0.39 is 57.8 Å². The molecule has 1 rings (SSSR count). The molecular weight excluding hydrogens is 575 g/mol. The number of rotatable bonds is 6. The van der Waals surface area contributed by atoms with E-state index in [-0.39, 0.29) is 117 Å². The van der Waals surface area contributed by atoms with Crippen LogP contribution in [0.4, 0.5) is 0 Å². The van der Waals surface area contributed by atoms with Gasteiger partial charge in [0.25, 0.3) is 0 Å². The zero-order chi connectivity index (χ0) is 23.2. The summed E-state index contributed by atoms with van der Waals surface area (Å²) in [7, 11) is -6.78. The van der Waals surface area contributed by atoms with Crippen LogP contribution in [0.1, 0.15) is 0 Å². The Morgan fingerprint density at radius 2 is 0.467 bits per heavy atom. The molecule has 1 aliphatic heterocycles. The average molecular weight is 630 g/mol. The van der Waals surface area contributed by atoms with Crippen LogP contribution in [-0.4, -0.2) is 72.5 Å². The topological polar surface area (TPSA) is 0 Å². The summed E-state index contributed by atoms with van der Waals surface area (Å²) in [6.07, 6.45) is -2.19. The summed E-state index contributed by atoms with van der Waals surface area (Å²) in [5, 5.41) is 0. The van der Waals surface area contributed by atoms with E-state index in [4.69, 9.17) is 0 Å². The first kappa shape index (κ1) is 37.6. The number of hydrogen-bond acceptors (Lipinski definition) is 0. The van der Waals surface area contributed by atoms with Gasteiger partial charge in [0.2, 0.25) is 0 Å². The van der Waals surface area contributed by atoms with E-state index >= 15 is 0 Å². The van der Waals surface area contributed by atoms with Crippen LogP contribution in [0.5, 0.6) is 0 Å². The molecule has 0 bridgehead atoms. The summed E-state index contributed by atoms with van der Waals surface area (Å²) >= 11 is 0. The van der Waals surface area contributed by atoms with Gasteiger partial charge in [0.1, 0.15) is 0 Å². The molecule has 0 radical (unpaired) electrons. The molecular formula is C18H54K2Si10. The third-order valence-corrected chi connectivity index (χ3v) is 284. The third-order valence-electron chi connectivity index (χ3n) is 7.50. The first-order valence-electron chi connectivity index (χ1n) is 11.5. The standard InChI is InChI=1S/C18H54Si10.2K/c1-21(2,3)19-27(23(7,8)9,24(10,11)12)20(22(4,5)6)28(19,25(13,14)15)26(16,17)18;;/h1-18H3;;/q-2;2*+1. The van der Waals surface area contributed by atoms with E-state index in [0.717, 1.165) is 0 Å². The van der Waals surface area contributed by atoms with Gasteiger partial charge in [0, 0.05) is 0 Å². The Kier molecular flexibility index (Phi) is 13.7. The van der Waals surface area contributed by atoms with Crippen molar-refractivity contribution in [3.63, 3.8) is 0 Å². The van der Waals surface area contributed by atoms with Gasteiger partial charge in [-0.15, -0.1) is 15.2 Å². The Hall–Kier alpha value is 5.44. The van der Waals surface area contributed by atoms with Gasteiger partial charge in [-0.25, -0.2) is 0 Å². The Morgan fingerprint density at radius 3 is 0.533 bits per heavy atom. The van der Waals surface area contributed by atoms with E-state index in [2.05, 4.69) is 118 Å². The average Bonchev–Trinajstić information content (AvgIpc) is 2.13. The van der Waals surface area contributed by atoms with Gasteiger partial charge in [-0.2, -0.15) is 0 Å². The second kappa shape index (κ2) is 10.9. The van der Waals surface area contributed by atoms with Gasteiger partial charge in [-0.1, -0.05) is 118 Å². The minimum atomic E-state index is -1.11. The maximum atomic E-state index is 2.92. The molecule has 0 aliphatic carbocycles. The van der Waals surface area contributed by atoms with E-state index in [1.54, 1.807) is 0 Å². The summed E-state index contributed by atoms with van der Waals surface area (Å²) in [4.78, 5) is 0. The van der Waals surface area contributed by atoms with E-state index in [9.17, 15) is 0 Å². The van der Waals surface area contributed by atoms with Crippen LogP contribution in [-0.2, 0) is 0 Å². The molecule has 1 fully saturated rings. The molecule has 0 atom stereocenters. The van der Waals surface area contributed by atoms with Crippen LogP contribution >= 0.6 is 0 Å². The first-order valence-corrected chi connectivity index (χ1v) is 49.5. The van der Waals surface area contributed by atoms with Crippen molar-refractivity contribution in [1.29, 1.82) is 0 Å². The fraction of sp³-hybridized carbons (Fsp3) is 1.00. The van der Waals surface area contributed by atoms with Gasteiger partial charge in [0.15, 0.2) is 0 Å². The largest absolute Gasteiger partial charge is 1.00 e. The molecule has 1 aliphatic rings. The molecule has 0 aromatic rings. The molecule has 12 heteroatoms. The van der Waals surface area contributed by atoms with E-state index in [0.29, 0.717) is 0 Å². The smallest absolute Gasteiger partial charge is 0.326 e. The van der Waals surface area contributed by atoms with Gasteiger partial charge < -0.3 is 14.7 Å². The van der Waals surface area contributed by atoms with Crippen molar-refractivity contribution in [2.24, 2.45) is 0 Å². The molecule has 0 N–H and O–H groups in total.